The molecule has 0 amide bonds. The Morgan fingerprint density at radius 3 is 2.50 bits per heavy atom. The highest BCUT2D eigenvalue weighted by atomic mass is 79.9. The van der Waals surface area contributed by atoms with Gasteiger partial charge >= 0.3 is 0 Å². The summed E-state index contributed by atoms with van der Waals surface area (Å²) in [5, 5.41) is 0. The number of hydrogen-bond acceptors (Lipinski definition) is 2. The highest BCUT2D eigenvalue weighted by molar-refractivity contribution is 9.10. The van der Waals surface area contributed by atoms with Gasteiger partial charge in [-0.05, 0) is 22.1 Å². The quantitative estimate of drug-likeness (QED) is 0.766. The SMILES string of the molecule is Brc1cnc([N-][n+]2ccccc2)cn1. The summed E-state index contributed by atoms with van der Waals surface area (Å²) >= 11 is 3.21. The summed E-state index contributed by atoms with van der Waals surface area (Å²) < 4.78 is 2.38. The van der Waals surface area contributed by atoms with Crippen LogP contribution in [0.4, 0.5) is 5.82 Å². The van der Waals surface area contributed by atoms with Crippen LogP contribution in [-0.2, 0) is 0 Å². The van der Waals surface area contributed by atoms with Crippen LogP contribution in [0, 0.1) is 0 Å². The van der Waals surface area contributed by atoms with Crippen molar-refractivity contribution in [3.05, 3.63) is 53.0 Å². The third-order valence-electron chi connectivity index (χ3n) is 1.52. The van der Waals surface area contributed by atoms with Crippen molar-refractivity contribution < 1.29 is 4.68 Å². The van der Waals surface area contributed by atoms with E-state index >= 15 is 0 Å². The van der Waals surface area contributed by atoms with Crippen molar-refractivity contribution >= 4 is 21.7 Å². The van der Waals surface area contributed by atoms with Crippen LogP contribution in [0.5, 0.6) is 0 Å². The smallest absolute Gasteiger partial charge is 0.182 e. The van der Waals surface area contributed by atoms with Gasteiger partial charge in [0.05, 0.1) is 0 Å². The van der Waals surface area contributed by atoms with E-state index in [2.05, 4.69) is 31.3 Å². The second kappa shape index (κ2) is 4.15. The molecule has 0 aliphatic carbocycles. The van der Waals surface area contributed by atoms with Crippen LogP contribution in [0.1, 0.15) is 0 Å². The minimum absolute atomic E-state index is 0.574. The Kier molecular flexibility index (Phi) is 2.69. The van der Waals surface area contributed by atoms with E-state index in [-0.39, 0.29) is 0 Å². The van der Waals surface area contributed by atoms with Gasteiger partial charge in [-0.1, -0.05) is 6.07 Å². The highest BCUT2D eigenvalue weighted by Gasteiger charge is 1.92. The molecule has 4 nitrogen and oxygen atoms in total. The van der Waals surface area contributed by atoms with Crippen molar-refractivity contribution in [2.24, 2.45) is 0 Å². The lowest BCUT2D eigenvalue weighted by Gasteiger charge is -2.06. The van der Waals surface area contributed by atoms with Gasteiger partial charge in [0.25, 0.3) is 0 Å². The van der Waals surface area contributed by atoms with E-state index in [1.807, 2.05) is 30.6 Å². The number of pyridine rings is 1. The Labute approximate surface area is 89.7 Å². The Bertz CT molecular complexity index is 401. The summed E-state index contributed by atoms with van der Waals surface area (Å²) in [6.07, 6.45) is 6.89. The molecule has 2 aromatic heterocycles. The highest BCUT2D eigenvalue weighted by Crippen LogP contribution is 2.11. The van der Waals surface area contributed by atoms with E-state index in [4.69, 9.17) is 0 Å². The maximum Gasteiger partial charge on any atom is 0.182 e. The minimum Gasteiger partial charge on any atom is -0.435 e. The van der Waals surface area contributed by atoms with Gasteiger partial charge in [-0.15, -0.1) is 0 Å². The summed E-state index contributed by atoms with van der Waals surface area (Å²) in [6.45, 7) is 0. The van der Waals surface area contributed by atoms with E-state index in [1.54, 1.807) is 17.1 Å². The molecule has 0 aromatic carbocycles. The lowest BCUT2D eigenvalue weighted by Crippen LogP contribution is -2.26. The van der Waals surface area contributed by atoms with Crippen LogP contribution in [0.2, 0.25) is 0 Å². The fourth-order valence-electron chi connectivity index (χ4n) is 0.932. The van der Waals surface area contributed by atoms with Crippen LogP contribution in [0.3, 0.4) is 0 Å². The Hall–Kier alpha value is -1.49. The molecule has 0 bridgehead atoms. The van der Waals surface area contributed by atoms with Gasteiger partial charge in [-0.3, -0.25) is 0 Å². The van der Waals surface area contributed by atoms with Crippen molar-refractivity contribution in [3.8, 4) is 0 Å². The first-order chi connectivity index (χ1) is 6.84. The lowest BCUT2D eigenvalue weighted by molar-refractivity contribution is -0.619. The Morgan fingerprint density at radius 2 is 1.86 bits per heavy atom. The topological polar surface area (TPSA) is 43.8 Å². The van der Waals surface area contributed by atoms with Gasteiger partial charge in [0.15, 0.2) is 12.4 Å². The molecule has 0 radical (unpaired) electrons. The molecule has 5 heteroatoms. The number of rotatable bonds is 2. The maximum atomic E-state index is 4.20. The van der Waals surface area contributed by atoms with E-state index in [0.717, 1.165) is 0 Å². The van der Waals surface area contributed by atoms with Crippen molar-refractivity contribution in [2.45, 2.75) is 0 Å². The van der Waals surface area contributed by atoms with Crippen LogP contribution < -0.4 is 4.68 Å². The third-order valence-corrected chi connectivity index (χ3v) is 1.93. The molecule has 0 saturated carbocycles. The molecular formula is C9H7BrN4. The summed E-state index contributed by atoms with van der Waals surface area (Å²) in [6, 6.07) is 5.73. The predicted molar refractivity (Wildman–Crippen MR) is 54.8 cm³/mol. The number of aromatic nitrogens is 3. The van der Waals surface area contributed by atoms with Crippen LogP contribution in [0.15, 0.2) is 47.6 Å². The molecule has 0 fully saturated rings. The van der Waals surface area contributed by atoms with Gasteiger partial charge in [0.2, 0.25) is 0 Å². The van der Waals surface area contributed by atoms with Gasteiger partial charge in [0.1, 0.15) is 4.60 Å². The average molecular weight is 251 g/mol. The van der Waals surface area contributed by atoms with Gasteiger partial charge in [-0.25, -0.2) is 4.98 Å². The zero-order valence-electron chi connectivity index (χ0n) is 7.21. The first-order valence-corrected chi connectivity index (χ1v) is 4.80. The predicted octanol–water partition coefficient (Wildman–Crippen LogP) is 2.00. The van der Waals surface area contributed by atoms with E-state index < -0.39 is 0 Å². The molecule has 2 rings (SSSR count). The lowest BCUT2D eigenvalue weighted by atomic mass is 10.5. The van der Waals surface area contributed by atoms with Gasteiger partial charge < -0.3 is 4.98 Å². The van der Waals surface area contributed by atoms with Crippen LogP contribution in [0.25, 0.3) is 5.43 Å². The van der Waals surface area contributed by atoms with E-state index in [0.29, 0.717) is 10.4 Å². The van der Waals surface area contributed by atoms with Crippen LogP contribution >= 0.6 is 15.9 Å². The fraction of sp³-hybridized carbons (Fsp3) is 0. The fourth-order valence-corrected chi connectivity index (χ4v) is 1.14. The van der Waals surface area contributed by atoms with Crippen molar-refractivity contribution in [3.63, 3.8) is 0 Å². The maximum absolute atomic E-state index is 4.20. The molecule has 14 heavy (non-hydrogen) atoms. The molecular weight excluding hydrogens is 244 g/mol. The normalized spacial score (nSPS) is 9.79. The standard InChI is InChI=1S/C9H7BrN4/c10-8-6-12-9(7-11-8)13-14-4-2-1-3-5-14/h1-7H. The Morgan fingerprint density at radius 1 is 1.07 bits per heavy atom. The van der Waals surface area contributed by atoms with Crippen molar-refractivity contribution in [2.75, 3.05) is 0 Å². The molecule has 0 N–H and O–H groups in total. The monoisotopic (exact) mass is 250 g/mol. The van der Waals surface area contributed by atoms with Gasteiger partial charge in [-0.2, -0.15) is 10.1 Å². The van der Waals surface area contributed by atoms with Crippen molar-refractivity contribution in [1.82, 2.24) is 9.97 Å². The largest absolute Gasteiger partial charge is 0.435 e. The average Bonchev–Trinajstić information content (AvgIpc) is 2.23. The first-order valence-electron chi connectivity index (χ1n) is 4.00. The molecule has 0 aliphatic rings. The zero-order chi connectivity index (χ0) is 9.80. The van der Waals surface area contributed by atoms with Crippen molar-refractivity contribution in [1.29, 1.82) is 0 Å². The number of hydrogen-bond donors (Lipinski definition) is 0. The number of halogens is 1. The molecule has 0 saturated heterocycles. The summed E-state index contributed by atoms with van der Waals surface area (Å²) in [5.41, 5.74) is 4.20. The summed E-state index contributed by atoms with van der Waals surface area (Å²) in [4.78, 5) is 8.10. The third kappa shape index (κ3) is 2.26. The molecule has 0 atom stereocenters. The second-order valence-electron chi connectivity index (χ2n) is 2.55. The van der Waals surface area contributed by atoms with E-state index in [9.17, 15) is 0 Å². The number of nitrogens with zero attached hydrogens (tertiary/aromatic N) is 4. The van der Waals surface area contributed by atoms with Gasteiger partial charge in [0, 0.05) is 24.1 Å². The molecule has 0 spiro atoms. The first kappa shape index (κ1) is 9.08. The van der Waals surface area contributed by atoms with Crippen LogP contribution in [-0.4, -0.2) is 9.97 Å². The van der Waals surface area contributed by atoms with E-state index in [1.165, 1.54) is 0 Å². The molecule has 0 unspecified atom stereocenters. The second-order valence-corrected chi connectivity index (χ2v) is 3.37. The summed E-state index contributed by atoms with van der Waals surface area (Å²) in [5.74, 6) is 0.574. The minimum atomic E-state index is 0.574. The Balaban J connectivity index is 2.16. The summed E-state index contributed by atoms with van der Waals surface area (Å²) in [7, 11) is 0. The molecule has 70 valence electrons. The molecule has 2 heterocycles. The zero-order valence-corrected chi connectivity index (χ0v) is 8.79. The molecule has 2 aromatic rings. The molecule has 0 aliphatic heterocycles.